The summed E-state index contributed by atoms with van der Waals surface area (Å²) in [6.07, 6.45) is -8.63. The second-order valence-corrected chi connectivity index (χ2v) is 8.59. The molecule has 0 radical (unpaired) electrons. The van der Waals surface area contributed by atoms with E-state index in [0.717, 1.165) is 4.90 Å². The second kappa shape index (κ2) is 9.46. The van der Waals surface area contributed by atoms with E-state index in [0.29, 0.717) is 39.2 Å². The number of amides is 1. The van der Waals surface area contributed by atoms with Gasteiger partial charge in [-0.1, -0.05) is 41.9 Å². The zero-order chi connectivity index (χ0) is 26.3. The molecule has 0 aliphatic carbocycles. The number of carbonyl (C=O) groups is 1. The molecule has 0 aliphatic heterocycles. The van der Waals surface area contributed by atoms with E-state index in [1.165, 1.54) is 13.2 Å². The van der Waals surface area contributed by atoms with Gasteiger partial charge in [0.15, 0.2) is 0 Å². The summed E-state index contributed by atoms with van der Waals surface area (Å²) < 4.78 is 79.5. The predicted molar refractivity (Wildman–Crippen MR) is 124 cm³/mol. The van der Waals surface area contributed by atoms with Crippen molar-refractivity contribution in [3.8, 4) is 11.1 Å². The highest BCUT2D eigenvalue weighted by Gasteiger charge is 2.37. The molecule has 0 saturated heterocycles. The van der Waals surface area contributed by atoms with Gasteiger partial charge in [0.1, 0.15) is 0 Å². The molecule has 186 valence electrons. The third-order valence-electron chi connectivity index (χ3n) is 5.54. The van der Waals surface area contributed by atoms with Crippen LogP contribution in [0.15, 0.2) is 72.9 Å². The predicted octanol–water partition coefficient (Wildman–Crippen LogP) is 7.87. The SMILES string of the molecule is CN(Cc1cc(C(F)(F)F)cc(C(F)(F)F)c1)C(=O)c1cnc2ccc(Cl)cc2c1-c1ccccc1. The standard InChI is InChI=1S/C26H17ClF6N2O/c1-35(14-15-9-17(25(28,29)30)11-18(10-15)26(31,32)33)24(36)21-13-34-22-8-7-19(27)12-20(22)23(21)16-5-3-2-4-6-16/h2-13H,14H2,1H3. The molecule has 0 atom stereocenters. The summed E-state index contributed by atoms with van der Waals surface area (Å²) in [5, 5.41) is 0.981. The van der Waals surface area contributed by atoms with Crippen molar-refractivity contribution in [3.05, 3.63) is 100 Å². The quantitative estimate of drug-likeness (QED) is 0.256. The van der Waals surface area contributed by atoms with Crippen LogP contribution in [0, 0.1) is 0 Å². The van der Waals surface area contributed by atoms with E-state index in [-0.39, 0.29) is 17.2 Å². The molecule has 1 amide bonds. The number of halogens is 7. The molecule has 0 unspecified atom stereocenters. The fourth-order valence-corrected chi connectivity index (χ4v) is 4.08. The Balaban J connectivity index is 1.78. The molecule has 0 spiro atoms. The number of aromatic nitrogens is 1. The number of hydrogen-bond donors (Lipinski definition) is 0. The van der Waals surface area contributed by atoms with Gasteiger partial charge in [0.05, 0.1) is 22.2 Å². The molecule has 3 aromatic carbocycles. The molecular weight excluding hydrogens is 506 g/mol. The van der Waals surface area contributed by atoms with E-state index in [1.54, 1.807) is 48.5 Å². The minimum Gasteiger partial charge on any atom is -0.337 e. The number of fused-ring (bicyclic) bond motifs is 1. The first-order valence-corrected chi connectivity index (χ1v) is 10.9. The minimum absolute atomic E-state index is 0.0514. The first-order valence-electron chi connectivity index (χ1n) is 10.5. The maximum atomic E-state index is 13.4. The van der Waals surface area contributed by atoms with Gasteiger partial charge in [-0.15, -0.1) is 0 Å². The topological polar surface area (TPSA) is 33.2 Å². The average Bonchev–Trinajstić information content (AvgIpc) is 2.82. The number of pyridine rings is 1. The number of nitrogens with zero attached hydrogens (tertiary/aromatic N) is 2. The Labute approximate surface area is 206 Å². The molecule has 36 heavy (non-hydrogen) atoms. The molecule has 3 nitrogen and oxygen atoms in total. The molecule has 0 fully saturated rings. The Morgan fingerprint density at radius 1 is 0.889 bits per heavy atom. The van der Waals surface area contributed by atoms with Crippen molar-refractivity contribution in [1.82, 2.24) is 9.88 Å². The highest BCUT2D eigenvalue weighted by molar-refractivity contribution is 6.31. The fraction of sp³-hybridized carbons (Fsp3) is 0.154. The molecule has 4 aromatic rings. The monoisotopic (exact) mass is 522 g/mol. The van der Waals surface area contributed by atoms with Gasteiger partial charge in [-0.2, -0.15) is 26.3 Å². The van der Waals surface area contributed by atoms with Crippen molar-refractivity contribution >= 4 is 28.4 Å². The molecule has 10 heteroatoms. The average molecular weight is 523 g/mol. The van der Waals surface area contributed by atoms with Gasteiger partial charge >= 0.3 is 12.4 Å². The smallest absolute Gasteiger partial charge is 0.337 e. The Morgan fingerprint density at radius 2 is 1.50 bits per heavy atom. The lowest BCUT2D eigenvalue weighted by Gasteiger charge is -2.21. The van der Waals surface area contributed by atoms with Crippen LogP contribution in [0.25, 0.3) is 22.0 Å². The van der Waals surface area contributed by atoms with E-state index in [9.17, 15) is 31.1 Å². The Morgan fingerprint density at radius 3 is 2.08 bits per heavy atom. The summed E-state index contributed by atoms with van der Waals surface area (Å²) in [5.74, 6) is -0.630. The van der Waals surface area contributed by atoms with Crippen molar-refractivity contribution in [2.45, 2.75) is 18.9 Å². The molecule has 1 aromatic heterocycles. The first-order chi connectivity index (χ1) is 16.8. The van der Waals surface area contributed by atoms with E-state index in [2.05, 4.69) is 4.98 Å². The summed E-state index contributed by atoms with van der Waals surface area (Å²) in [6, 6.07) is 15.1. The van der Waals surface area contributed by atoms with Crippen LogP contribution in [0.5, 0.6) is 0 Å². The molecule has 1 heterocycles. The highest BCUT2D eigenvalue weighted by atomic mass is 35.5. The van der Waals surface area contributed by atoms with Crippen molar-refractivity contribution in [2.24, 2.45) is 0 Å². The van der Waals surface area contributed by atoms with Gasteiger partial charge in [0.2, 0.25) is 0 Å². The lowest BCUT2D eigenvalue weighted by atomic mass is 9.95. The number of carbonyl (C=O) groups excluding carboxylic acids is 1. The molecule has 0 saturated carbocycles. The first kappa shape index (κ1) is 25.5. The van der Waals surface area contributed by atoms with E-state index in [1.807, 2.05) is 0 Å². The van der Waals surface area contributed by atoms with Gasteiger partial charge in [-0.05, 0) is 47.5 Å². The molecule has 0 aliphatic rings. The summed E-state index contributed by atoms with van der Waals surface area (Å²) >= 11 is 6.18. The van der Waals surface area contributed by atoms with Crippen LogP contribution >= 0.6 is 11.6 Å². The minimum atomic E-state index is -4.99. The zero-order valence-corrected chi connectivity index (χ0v) is 19.3. The largest absolute Gasteiger partial charge is 0.416 e. The van der Waals surface area contributed by atoms with Gasteiger partial charge in [-0.25, -0.2) is 0 Å². The lowest BCUT2D eigenvalue weighted by molar-refractivity contribution is -0.143. The lowest BCUT2D eigenvalue weighted by Crippen LogP contribution is -2.27. The highest BCUT2D eigenvalue weighted by Crippen LogP contribution is 2.37. The number of alkyl halides is 6. The van der Waals surface area contributed by atoms with Gasteiger partial charge in [0.25, 0.3) is 5.91 Å². The van der Waals surface area contributed by atoms with E-state index >= 15 is 0 Å². The fourth-order valence-electron chi connectivity index (χ4n) is 3.90. The van der Waals surface area contributed by atoms with Crippen molar-refractivity contribution in [3.63, 3.8) is 0 Å². The molecule has 4 rings (SSSR count). The number of hydrogen-bond acceptors (Lipinski definition) is 2. The summed E-state index contributed by atoms with van der Waals surface area (Å²) in [5.41, 5.74) is -1.35. The Hall–Kier alpha value is -3.59. The molecule has 0 N–H and O–H groups in total. The van der Waals surface area contributed by atoms with E-state index < -0.39 is 35.9 Å². The molecular formula is C26H17ClF6N2O. The van der Waals surface area contributed by atoms with E-state index in [4.69, 9.17) is 11.6 Å². The third-order valence-corrected chi connectivity index (χ3v) is 5.77. The summed E-state index contributed by atoms with van der Waals surface area (Å²) in [4.78, 5) is 18.8. The van der Waals surface area contributed by atoms with Crippen LogP contribution in [0.4, 0.5) is 26.3 Å². The van der Waals surface area contributed by atoms with Crippen LogP contribution in [0.1, 0.15) is 27.0 Å². The maximum absolute atomic E-state index is 13.4. The Kier molecular flexibility index (Phi) is 6.70. The second-order valence-electron chi connectivity index (χ2n) is 8.15. The van der Waals surface area contributed by atoms with Crippen LogP contribution < -0.4 is 0 Å². The van der Waals surface area contributed by atoms with Crippen molar-refractivity contribution in [2.75, 3.05) is 7.05 Å². The van der Waals surface area contributed by atoms with Crippen LogP contribution in [-0.2, 0) is 18.9 Å². The van der Waals surface area contributed by atoms with Gasteiger partial charge in [-0.3, -0.25) is 9.78 Å². The van der Waals surface area contributed by atoms with Crippen LogP contribution in [0.3, 0.4) is 0 Å². The summed E-state index contributed by atoms with van der Waals surface area (Å²) in [7, 11) is 1.30. The number of benzene rings is 3. The molecule has 0 bridgehead atoms. The summed E-state index contributed by atoms with van der Waals surface area (Å²) in [6.45, 7) is -0.492. The third kappa shape index (κ3) is 5.31. The van der Waals surface area contributed by atoms with Crippen molar-refractivity contribution in [1.29, 1.82) is 0 Å². The van der Waals surface area contributed by atoms with Crippen LogP contribution in [-0.4, -0.2) is 22.8 Å². The van der Waals surface area contributed by atoms with Crippen molar-refractivity contribution < 1.29 is 31.1 Å². The van der Waals surface area contributed by atoms with Crippen LogP contribution in [0.2, 0.25) is 5.02 Å². The van der Waals surface area contributed by atoms with Gasteiger partial charge < -0.3 is 4.90 Å². The van der Waals surface area contributed by atoms with Gasteiger partial charge in [0, 0.05) is 35.8 Å². The zero-order valence-electron chi connectivity index (χ0n) is 18.6. The normalized spacial score (nSPS) is 12.1. The Bertz CT molecular complexity index is 1400. The number of rotatable bonds is 4. The maximum Gasteiger partial charge on any atom is 0.416 e.